The predicted octanol–water partition coefficient (Wildman–Crippen LogP) is 2.56. The van der Waals surface area contributed by atoms with Crippen molar-refractivity contribution in [2.24, 2.45) is 0 Å². The van der Waals surface area contributed by atoms with Crippen LogP contribution in [0.25, 0.3) is 0 Å². The molecule has 1 amide bonds. The number of aromatic nitrogens is 3. The van der Waals surface area contributed by atoms with Gasteiger partial charge in [0, 0.05) is 24.1 Å². The summed E-state index contributed by atoms with van der Waals surface area (Å²) < 4.78 is 12.8. The van der Waals surface area contributed by atoms with Gasteiger partial charge in [-0.25, -0.2) is 0 Å². The molecule has 1 aliphatic heterocycles. The van der Waals surface area contributed by atoms with Crippen molar-refractivity contribution < 1.29 is 14.3 Å². The van der Waals surface area contributed by atoms with Crippen LogP contribution in [0.15, 0.2) is 18.2 Å². The van der Waals surface area contributed by atoms with Gasteiger partial charge in [-0.05, 0) is 13.0 Å². The van der Waals surface area contributed by atoms with E-state index in [2.05, 4.69) is 35.5 Å². The van der Waals surface area contributed by atoms with Crippen molar-refractivity contribution in [3.63, 3.8) is 0 Å². The van der Waals surface area contributed by atoms with Crippen molar-refractivity contribution in [3.05, 3.63) is 35.4 Å². The maximum Gasteiger partial charge on any atom is 0.227 e. The molecule has 1 atom stereocenters. The van der Waals surface area contributed by atoms with Gasteiger partial charge in [0.25, 0.3) is 0 Å². The Morgan fingerprint density at radius 2 is 2.04 bits per heavy atom. The number of methoxy groups -OCH3 is 2. The molecule has 0 spiro atoms. The summed E-state index contributed by atoms with van der Waals surface area (Å²) in [5, 5.41) is 8.62. The van der Waals surface area contributed by atoms with Gasteiger partial charge in [0.1, 0.15) is 17.3 Å². The monoisotopic (exact) mass is 358 g/mol. The molecule has 7 nitrogen and oxygen atoms in total. The number of carbonyl (C=O) groups excluding carboxylic acids is 1. The third-order valence-electron chi connectivity index (χ3n) is 4.76. The summed E-state index contributed by atoms with van der Waals surface area (Å²) in [4.78, 5) is 14.7. The van der Waals surface area contributed by atoms with Crippen molar-refractivity contribution >= 4 is 5.91 Å². The zero-order chi connectivity index (χ0) is 18.8. The Kier molecular flexibility index (Phi) is 5.15. The van der Waals surface area contributed by atoms with Crippen LogP contribution in [-0.4, -0.2) is 46.3 Å². The maximum atomic E-state index is 12.9. The molecule has 140 valence electrons. The van der Waals surface area contributed by atoms with E-state index < -0.39 is 0 Å². The lowest BCUT2D eigenvalue weighted by Crippen LogP contribution is -2.41. The third kappa shape index (κ3) is 3.38. The quantitative estimate of drug-likeness (QED) is 0.822. The number of amides is 1. The Balaban J connectivity index is 1.77. The maximum absolute atomic E-state index is 12.9. The second kappa shape index (κ2) is 7.35. The lowest BCUT2D eigenvalue weighted by atomic mass is 10.1. The Bertz CT molecular complexity index is 800. The first-order valence-corrected chi connectivity index (χ1v) is 8.87. The zero-order valence-corrected chi connectivity index (χ0v) is 16.0. The topological polar surface area (TPSA) is 69.5 Å². The third-order valence-corrected chi connectivity index (χ3v) is 4.76. The van der Waals surface area contributed by atoms with Crippen molar-refractivity contribution in [2.45, 2.75) is 45.7 Å². The number of hydrogen-bond acceptors (Lipinski definition) is 5. The van der Waals surface area contributed by atoms with Crippen LogP contribution in [0.4, 0.5) is 0 Å². The zero-order valence-electron chi connectivity index (χ0n) is 16.0. The van der Waals surface area contributed by atoms with Crippen LogP contribution in [0.1, 0.15) is 49.9 Å². The first kappa shape index (κ1) is 18.2. The fourth-order valence-electron chi connectivity index (χ4n) is 3.42. The number of rotatable bonds is 5. The highest BCUT2D eigenvalue weighted by Crippen LogP contribution is 2.28. The SMILES string of the molecule is COc1ccc(CC(=O)N2Cc3nnc(C(C)C)n3[C@@H](C)C2)c(OC)c1. The number of fused-ring (bicyclic) bond motifs is 1. The minimum atomic E-state index is 0.0562. The number of ether oxygens (including phenoxy) is 2. The molecule has 0 unspecified atom stereocenters. The fraction of sp³-hybridized carbons (Fsp3) is 0.526. The summed E-state index contributed by atoms with van der Waals surface area (Å²) >= 11 is 0. The lowest BCUT2D eigenvalue weighted by Gasteiger charge is -2.33. The molecule has 1 aliphatic rings. The number of nitrogens with zero attached hydrogens (tertiary/aromatic N) is 4. The van der Waals surface area contributed by atoms with Crippen LogP contribution >= 0.6 is 0 Å². The van der Waals surface area contributed by atoms with E-state index in [-0.39, 0.29) is 18.4 Å². The molecule has 0 bridgehead atoms. The van der Waals surface area contributed by atoms with Gasteiger partial charge in [0.15, 0.2) is 5.82 Å². The summed E-state index contributed by atoms with van der Waals surface area (Å²) in [7, 11) is 3.21. The van der Waals surface area contributed by atoms with Gasteiger partial charge in [0.2, 0.25) is 5.91 Å². The largest absolute Gasteiger partial charge is 0.497 e. The molecule has 3 rings (SSSR count). The molecule has 0 aliphatic carbocycles. The lowest BCUT2D eigenvalue weighted by molar-refractivity contribution is -0.132. The van der Waals surface area contributed by atoms with Gasteiger partial charge >= 0.3 is 0 Å². The molecule has 0 N–H and O–H groups in total. The minimum Gasteiger partial charge on any atom is -0.497 e. The summed E-state index contributed by atoms with van der Waals surface area (Å²) in [5.74, 6) is 3.57. The molecule has 0 saturated heterocycles. The van der Waals surface area contributed by atoms with Crippen molar-refractivity contribution in [1.82, 2.24) is 19.7 Å². The van der Waals surface area contributed by atoms with E-state index in [1.165, 1.54) is 0 Å². The van der Waals surface area contributed by atoms with Crippen molar-refractivity contribution in [3.8, 4) is 11.5 Å². The molecule has 0 saturated carbocycles. The molecule has 1 aromatic carbocycles. The Labute approximate surface area is 153 Å². The van der Waals surface area contributed by atoms with Crippen LogP contribution in [0.2, 0.25) is 0 Å². The second-order valence-corrected chi connectivity index (χ2v) is 6.98. The molecule has 0 radical (unpaired) electrons. The van der Waals surface area contributed by atoms with Crippen LogP contribution in [0, 0.1) is 0 Å². The van der Waals surface area contributed by atoms with Crippen LogP contribution in [0.5, 0.6) is 11.5 Å². The second-order valence-electron chi connectivity index (χ2n) is 6.98. The van der Waals surface area contributed by atoms with E-state index in [0.29, 0.717) is 30.5 Å². The molecule has 1 aromatic heterocycles. The highest BCUT2D eigenvalue weighted by Gasteiger charge is 2.30. The smallest absolute Gasteiger partial charge is 0.227 e. The van der Waals surface area contributed by atoms with Gasteiger partial charge < -0.3 is 18.9 Å². The minimum absolute atomic E-state index is 0.0562. The van der Waals surface area contributed by atoms with Gasteiger partial charge in [-0.2, -0.15) is 0 Å². The Morgan fingerprint density at radius 3 is 2.69 bits per heavy atom. The van der Waals surface area contributed by atoms with Gasteiger partial charge in [-0.1, -0.05) is 19.9 Å². The van der Waals surface area contributed by atoms with Crippen LogP contribution in [0.3, 0.4) is 0 Å². The number of hydrogen-bond donors (Lipinski definition) is 0. The van der Waals surface area contributed by atoms with E-state index in [9.17, 15) is 4.79 Å². The van der Waals surface area contributed by atoms with Crippen molar-refractivity contribution in [2.75, 3.05) is 20.8 Å². The summed E-state index contributed by atoms with van der Waals surface area (Å²) in [6.07, 6.45) is 0.283. The molecule has 0 fully saturated rings. The van der Waals surface area contributed by atoms with E-state index in [0.717, 1.165) is 17.2 Å². The van der Waals surface area contributed by atoms with Gasteiger partial charge in [-0.15, -0.1) is 10.2 Å². The molecule has 7 heteroatoms. The van der Waals surface area contributed by atoms with E-state index in [4.69, 9.17) is 9.47 Å². The van der Waals surface area contributed by atoms with Gasteiger partial charge in [0.05, 0.1) is 33.2 Å². The van der Waals surface area contributed by atoms with E-state index in [1.807, 2.05) is 17.0 Å². The van der Waals surface area contributed by atoms with Crippen molar-refractivity contribution in [1.29, 1.82) is 0 Å². The fourth-order valence-corrected chi connectivity index (χ4v) is 3.42. The highest BCUT2D eigenvalue weighted by molar-refractivity contribution is 5.79. The average Bonchev–Trinajstić information content (AvgIpc) is 3.06. The average molecular weight is 358 g/mol. The van der Waals surface area contributed by atoms with E-state index >= 15 is 0 Å². The van der Waals surface area contributed by atoms with E-state index in [1.54, 1.807) is 20.3 Å². The molecule has 2 heterocycles. The highest BCUT2D eigenvalue weighted by atomic mass is 16.5. The standard InChI is InChI=1S/C19H26N4O3/c1-12(2)19-21-20-17-11-22(10-13(3)23(17)19)18(24)8-14-6-7-15(25-4)9-16(14)26-5/h6-7,9,12-13H,8,10-11H2,1-5H3/t13-/m0/s1. The Morgan fingerprint density at radius 1 is 1.27 bits per heavy atom. The molecule has 2 aromatic rings. The molecule has 26 heavy (non-hydrogen) atoms. The summed E-state index contributed by atoms with van der Waals surface area (Å²) in [6, 6.07) is 5.68. The Hall–Kier alpha value is -2.57. The first-order valence-electron chi connectivity index (χ1n) is 8.87. The van der Waals surface area contributed by atoms with Gasteiger partial charge in [-0.3, -0.25) is 4.79 Å². The number of benzene rings is 1. The molecular weight excluding hydrogens is 332 g/mol. The molecular formula is C19H26N4O3. The van der Waals surface area contributed by atoms with Crippen LogP contribution in [-0.2, 0) is 17.8 Å². The first-order chi connectivity index (χ1) is 12.4. The number of carbonyl (C=O) groups is 1. The normalized spacial score (nSPS) is 16.5. The predicted molar refractivity (Wildman–Crippen MR) is 97.5 cm³/mol. The summed E-state index contributed by atoms with van der Waals surface area (Å²) in [5.41, 5.74) is 0.848. The van der Waals surface area contributed by atoms with Crippen LogP contribution < -0.4 is 9.47 Å². The summed E-state index contributed by atoms with van der Waals surface area (Å²) in [6.45, 7) is 7.46.